The van der Waals surface area contributed by atoms with Gasteiger partial charge in [0.25, 0.3) is 0 Å². The van der Waals surface area contributed by atoms with Gasteiger partial charge in [-0.1, -0.05) is 19.1 Å². The largest absolute Gasteiger partial charge is 0.331 e. The summed E-state index contributed by atoms with van der Waals surface area (Å²) < 4.78 is 1.06. The molecule has 0 heterocycles. The Morgan fingerprint density at radius 3 is 2.10 bits per heavy atom. The summed E-state index contributed by atoms with van der Waals surface area (Å²) in [5.41, 5.74) is 0. The van der Waals surface area contributed by atoms with Crippen LogP contribution in [0.3, 0.4) is 0 Å². The second kappa shape index (κ2) is 4.51. The Bertz CT molecular complexity index is 97.8. The zero-order chi connectivity index (χ0) is 8.04. The fourth-order valence-corrected chi connectivity index (χ4v) is 0.746. The zero-order valence-electron chi connectivity index (χ0n) is 7.72. The molecule has 0 saturated heterocycles. The molecule has 1 nitrogen and oxygen atoms in total. The van der Waals surface area contributed by atoms with Gasteiger partial charge in [-0.2, -0.15) is 0 Å². The summed E-state index contributed by atoms with van der Waals surface area (Å²) in [6.45, 7) is 3.40. The molecule has 0 aliphatic carbocycles. The van der Waals surface area contributed by atoms with Crippen LogP contribution in [0.1, 0.15) is 19.8 Å². The fourth-order valence-electron chi connectivity index (χ4n) is 0.746. The van der Waals surface area contributed by atoms with Gasteiger partial charge in [0.2, 0.25) is 0 Å². The Labute approximate surface area is 64.9 Å². The van der Waals surface area contributed by atoms with Gasteiger partial charge in [0.05, 0.1) is 27.7 Å². The number of hydrogen-bond donors (Lipinski definition) is 0. The minimum atomic E-state index is 1.06. The van der Waals surface area contributed by atoms with Crippen LogP contribution >= 0.6 is 0 Å². The first-order valence-corrected chi connectivity index (χ1v) is 4.01. The molecule has 0 aromatic rings. The number of nitrogens with zero attached hydrogens (tertiary/aromatic N) is 1. The molecule has 1 heteroatoms. The van der Waals surface area contributed by atoms with Crippen molar-refractivity contribution in [3.05, 3.63) is 12.2 Å². The maximum absolute atomic E-state index is 2.27. The van der Waals surface area contributed by atoms with Gasteiger partial charge in [-0.15, -0.1) is 0 Å². The van der Waals surface area contributed by atoms with Gasteiger partial charge in [0.1, 0.15) is 0 Å². The number of allylic oxidation sites excluding steroid dienone is 1. The van der Waals surface area contributed by atoms with Crippen LogP contribution < -0.4 is 0 Å². The van der Waals surface area contributed by atoms with Crippen LogP contribution in [0.25, 0.3) is 0 Å². The third kappa shape index (κ3) is 7.70. The topological polar surface area (TPSA) is 0 Å². The predicted octanol–water partition coefficient (Wildman–Crippen LogP) is 2.05. The van der Waals surface area contributed by atoms with E-state index in [1.54, 1.807) is 0 Å². The van der Waals surface area contributed by atoms with Crippen LogP contribution in [0.4, 0.5) is 0 Å². The Morgan fingerprint density at radius 2 is 1.70 bits per heavy atom. The third-order valence-electron chi connectivity index (χ3n) is 1.37. The molecule has 0 radical (unpaired) electrons. The summed E-state index contributed by atoms with van der Waals surface area (Å²) in [5, 5.41) is 0. The van der Waals surface area contributed by atoms with Gasteiger partial charge in [0.15, 0.2) is 0 Å². The molecule has 0 bridgehead atoms. The predicted molar refractivity (Wildman–Crippen MR) is 46.9 cm³/mol. The van der Waals surface area contributed by atoms with Crippen LogP contribution in [0.15, 0.2) is 12.2 Å². The van der Waals surface area contributed by atoms with E-state index in [1.165, 1.54) is 13.0 Å². The smallest absolute Gasteiger partial charge is 0.0815 e. The number of hydrogen-bond acceptors (Lipinski definition) is 0. The summed E-state index contributed by atoms with van der Waals surface area (Å²) in [6, 6.07) is 0. The maximum atomic E-state index is 2.27. The second-order valence-corrected chi connectivity index (χ2v) is 3.68. The molecule has 0 aliphatic rings. The molecule has 0 aliphatic heterocycles. The standard InChI is InChI=1S/C9H20N/c1-5-6-7-8-9-10(2,3)4/h6-7H,5,8-9H2,1-4H3/q+1/b7-6-. The van der Waals surface area contributed by atoms with E-state index in [0.717, 1.165) is 10.9 Å². The molecule has 0 aromatic carbocycles. The van der Waals surface area contributed by atoms with E-state index < -0.39 is 0 Å². The summed E-state index contributed by atoms with van der Waals surface area (Å²) in [7, 11) is 6.67. The minimum Gasteiger partial charge on any atom is -0.331 e. The molecular formula is C9H20N+. The highest BCUT2D eigenvalue weighted by Crippen LogP contribution is 1.94. The van der Waals surface area contributed by atoms with Crippen LogP contribution in [-0.4, -0.2) is 32.2 Å². The monoisotopic (exact) mass is 142 g/mol. The van der Waals surface area contributed by atoms with Crippen molar-refractivity contribution in [3.63, 3.8) is 0 Å². The van der Waals surface area contributed by atoms with Crippen molar-refractivity contribution in [2.75, 3.05) is 27.7 Å². The van der Waals surface area contributed by atoms with E-state index in [9.17, 15) is 0 Å². The summed E-state index contributed by atoms with van der Waals surface area (Å²) >= 11 is 0. The second-order valence-electron chi connectivity index (χ2n) is 3.68. The lowest BCUT2D eigenvalue weighted by atomic mass is 10.3. The molecule has 0 aromatic heterocycles. The molecule has 60 valence electrons. The lowest BCUT2D eigenvalue weighted by Crippen LogP contribution is -2.34. The van der Waals surface area contributed by atoms with E-state index in [-0.39, 0.29) is 0 Å². The van der Waals surface area contributed by atoms with E-state index in [2.05, 4.69) is 40.2 Å². The summed E-state index contributed by atoms with van der Waals surface area (Å²) in [5.74, 6) is 0. The zero-order valence-corrected chi connectivity index (χ0v) is 7.72. The Morgan fingerprint density at radius 1 is 1.10 bits per heavy atom. The molecular weight excluding hydrogens is 122 g/mol. The van der Waals surface area contributed by atoms with Crippen molar-refractivity contribution >= 4 is 0 Å². The van der Waals surface area contributed by atoms with Gasteiger partial charge in [-0.25, -0.2) is 0 Å². The van der Waals surface area contributed by atoms with Crippen molar-refractivity contribution in [3.8, 4) is 0 Å². The number of rotatable bonds is 4. The van der Waals surface area contributed by atoms with Gasteiger partial charge in [-0.05, 0) is 6.42 Å². The first-order chi connectivity index (χ1) is 4.56. The molecule has 0 rings (SSSR count). The van der Waals surface area contributed by atoms with E-state index in [0.29, 0.717) is 0 Å². The third-order valence-corrected chi connectivity index (χ3v) is 1.37. The summed E-state index contributed by atoms with van der Waals surface area (Å²) in [4.78, 5) is 0. The average Bonchev–Trinajstić information content (AvgIpc) is 1.78. The quantitative estimate of drug-likeness (QED) is 0.416. The SMILES string of the molecule is CC/C=C\CC[N+](C)(C)C. The van der Waals surface area contributed by atoms with Crippen LogP contribution in [0.5, 0.6) is 0 Å². The Hall–Kier alpha value is -0.300. The van der Waals surface area contributed by atoms with E-state index in [1.807, 2.05) is 0 Å². The Kier molecular flexibility index (Phi) is 4.37. The van der Waals surface area contributed by atoms with Gasteiger partial charge >= 0.3 is 0 Å². The molecule has 0 fully saturated rings. The Balaban J connectivity index is 3.28. The average molecular weight is 142 g/mol. The fraction of sp³-hybridized carbons (Fsp3) is 0.778. The molecule has 0 amide bonds. The normalized spacial score (nSPS) is 12.8. The van der Waals surface area contributed by atoms with Gasteiger partial charge < -0.3 is 4.48 Å². The molecule has 0 spiro atoms. The molecule has 0 N–H and O–H groups in total. The maximum Gasteiger partial charge on any atom is 0.0815 e. The number of quaternary nitrogens is 1. The van der Waals surface area contributed by atoms with Gasteiger partial charge in [0, 0.05) is 6.42 Å². The van der Waals surface area contributed by atoms with Crippen molar-refractivity contribution in [1.29, 1.82) is 0 Å². The minimum absolute atomic E-state index is 1.06. The van der Waals surface area contributed by atoms with Gasteiger partial charge in [-0.3, -0.25) is 0 Å². The highest BCUT2D eigenvalue weighted by molar-refractivity contribution is 4.79. The van der Waals surface area contributed by atoms with Crippen LogP contribution in [0.2, 0.25) is 0 Å². The van der Waals surface area contributed by atoms with Crippen LogP contribution in [-0.2, 0) is 0 Å². The summed E-state index contributed by atoms with van der Waals surface area (Å²) in [6.07, 6.45) is 6.87. The van der Waals surface area contributed by atoms with Crippen LogP contribution in [0, 0.1) is 0 Å². The first kappa shape index (κ1) is 9.70. The van der Waals surface area contributed by atoms with Crippen molar-refractivity contribution in [1.82, 2.24) is 0 Å². The molecule has 0 unspecified atom stereocenters. The van der Waals surface area contributed by atoms with Crippen molar-refractivity contribution in [2.45, 2.75) is 19.8 Å². The molecule has 0 atom stereocenters. The van der Waals surface area contributed by atoms with E-state index in [4.69, 9.17) is 0 Å². The highest BCUT2D eigenvalue weighted by Gasteiger charge is 2.02. The highest BCUT2D eigenvalue weighted by atomic mass is 15.3. The molecule has 0 saturated carbocycles. The molecule has 10 heavy (non-hydrogen) atoms. The lowest BCUT2D eigenvalue weighted by molar-refractivity contribution is -0.869. The van der Waals surface area contributed by atoms with Crippen molar-refractivity contribution < 1.29 is 4.48 Å². The van der Waals surface area contributed by atoms with E-state index >= 15 is 0 Å². The lowest BCUT2D eigenvalue weighted by Gasteiger charge is -2.22. The van der Waals surface area contributed by atoms with Crippen molar-refractivity contribution in [2.24, 2.45) is 0 Å². The first-order valence-electron chi connectivity index (χ1n) is 4.01.